The number of nitrogens with one attached hydrogen (secondary N) is 1. The molecule has 1 aromatic heterocycles. The molecule has 1 aromatic carbocycles. The van der Waals surface area contributed by atoms with Crippen LogP contribution in [0, 0.1) is 11.3 Å². The zero-order valence-corrected chi connectivity index (χ0v) is 10.4. The summed E-state index contributed by atoms with van der Waals surface area (Å²) < 4.78 is 30.6. The number of halogens is 1. The van der Waals surface area contributed by atoms with Crippen molar-refractivity contribution < 1.29 is 12.9 Å². The van der Waals surface area contributed by atoms with Gasteiger partial charge in [0.15, 0.2) is 5.82 Å². The van der Waals surface area contributed by atoms with Crippen LogP contribution in [0.25, 0.3) is 0 Å². The van der Waals surface area contributed by atoms with E-state index >= 15 is 0 Å². The van der Waals surface area contributed by atoms with Crippen LogP contribution < -0.4 is 4.72 Å². The Labute approximate surface area is 108 Å². The van der Waals surface area contributed by atoms with Crippen LogP contribution in [0.5, 0.6) is 0 Å². The average molecular weight is 284 g/mol. The topological polar surface area (TPSA) is 96.0 Å². The fourth-order valence-corrected chi connectivity index (χ4v) is 2.78. The third kappa shape index (κ3) is 2.45. The standard InChI is InChI=1S/C10H6ClN3O3S/c11-8-5-7(6-12)1-2-9(8)18(15,16)14-10-3-4-17-13-10/h1-5H,(H,13,14). The highest BCUT2D eigenvalue weighted by Crippen LogP contribution is 2.24. The Bertz CT molecular complexity index is 704. The van der Waals surface area contributed by atoms with Crippen LogP contribution in [0.1, 0.15) is 5.56 Å². The molecule has 2 rings (SSSR count). The van der Waals surface area contributed by atoms with E-state index in [1.54, 1.807) is 0 Å². The maximum atomic E-state index is 12.0. The lowest BCUT2D eigenvalue weighted by molar-refractivity contribution is 0.423. The molecule has 0 saturated heterocycles. The number of sulfonamides is 1. The van der Waals surface area contributed by atoms with E-state index in [9.17, 15) is 8.42 Å². The van der Waals surface area contributed by atoms with E-state index in [1.807, 2.05) is 6.07 Å². The monoisotopic (exact) mass is 283 g/mol. The molecule has 0 bridgehead atoms. The highest BCUT2D eigenvalue weighted by molar-refractivity contribution is 7.92. The fraction of sp³-hybridized carbons (Fsp3) is 0. The van der Waals surface area contributed by atoms with E-state index in [0.29, 0.717) is 0 Å². The number of aromatic nitrogens is 1. The number of nitriles is 1. The number of hydrogen-bond donors (Lipinski definition) is 1. The Morgan fingerprint density at radius 1 is 1.39 bits per heavy atom. The minimum atomic E-state index is -3.85. The Balaban J connectivity index is 2.39. The second-order valence-electron chi connectivity index (χ2n) is 3.25. The van der Waals surface area contributed by atoms with Crippen molar-refractivity contribution in [3.05, 3.63) is 41.1 Å². The van der Waals surface area contributed by atoms with Crippen LogP contribution >= 0.6 is 11.6 Å². The summed E-state index contributed by atoms with van der Waals surface area (Å²) >= 11 is 5.82. The Morgan fingerprint density at radius 2 is 2.17 bits per heavy atom. The molecule has 0 fully saturated rings. The molecule has 92 valence electrons. The molecule has 0 radical (unpaired) electrons. The maximum Gasteiger partial charge on any atom is 0.264 e. The van der Waals surface area contributed by atoms with E-state index in [2.05, 4.69) is 14.4 Å². The van der Waals surface area contributed by atoms with Gasteiger partial charge < -0.3 is 4.52 Å². The smallest absolute Gasteiger partial charge is 0.264 e. The first kappa shape index (κ1) is 12.4. The van der Waals surface area contributed by atoms with Crippen molar-refractivity contribution >= 4 is 27.4 Å². The number of anilines is 1. The van der Waals surface area contributed by atoms with Crippen molar-refractivity contribution in [2.75, 3.05) is 4.72 Å². The van der Waals surface area contributed by atoms with Crippen LogP contribution in [0.4, 0.5) is 5.82 Å². The molecule has 2 aromatic rings. The summed E-state index contributed by atoms with van der Waals surface area (Å²) in [6, 6.07) is 7.12. The number of rotatable bonds is 3. The summed E-state index contributed by atoms with van der Waals surface area (Å²) in [6.07, 6.45) is 1.23. The summed E-state index contributed by atoms with van der Waals surface area (Å²) in [7, 11) is -3.85. The Kier molecular flexibility index (Phi) is 3.23. The molecular weight excluding hydrogens is 278 g/mol. The lowest BCUT2D eigenvalue weighted by atomic mass is 10.2. The zero-order chi connectivity index (χ0) is 13.2. The third-order valence-electron chi connectivity index (χ3n) is 2.03. The molecule has 6 nitrogen and oxygen atoms in total. The number of nitrogens with zero attached hydrogens (tertiary/aromatic N) is 2. The first-order valence-corrected chi connectivity index (χ1v) is 6.52. The largest absolute Gasteiger partial charge is 0.363 e. The van der Waals surface area contributed by atoms with Crippen molar-refractivity contribution in [2.24, 2.45) is 0 Å². The minimum Gasteiger partial charge on any atom is -0.363 e. The Hall–Kier alpha value is -2.04. The number of benzene rings is 1. The van der Waals surface area contributed by atoms with Gasteiger partial charge in [0.25, 0.3) is 10.0 Å². The summed E-state index contributed by atoms with van der Waals surface area (Å²) in [5, 5.41) is 12.1. The predicted molar refractivity (Wildman–Crippen MR) is 63.5 cm³/mol. The summed E-state index contributed by atoms with van der Waals surface area (Å²) in [5.74, 6) is 0.0513. The minimum absolute atomic E-state index is 0.0370. The molecule has 0 amide bonds. The number of hydrogen-bond acceptors (Lipinski definition) is 5. The van der Waals surface area contributed by atoms with E-state index in [4.69, 9.17) is 16.9 Å². The van der Waals surface area contributed by atoms with Crippen molar-refractivity contribution in [1.82, 2.24) is 5.16 Å². The SMILES string of the molecule is N#Cc1ccc(S(=O)(=O)Nc2ccon2)c(Cl)c1. The molecule has 1 heterocycles. The molecular formula is C10H6ClN3O3S. The second kappa shape index (κ2) is 4.68. The van der Waals surface area contributed by atoms with Gasteiger partial charge in [0, 0.05) is 6.07 Å². The molecule has 0 aliphatic carbocycles. The highest BCUT2D eigenvalue weighted by Gasteiger charge is 2.19. The van der Waals surface area contributed by atoms with Gasteiger partial charge >= 0.3 is 0 Å². The van der Waals surface area contributed by atoms with Crippen LogP contribution in [-0.4, -0.2) is 13.6 Å². The average Bonchev–Trinajstić information content (AvgIpc) is 2.80. The van der Waals surface area contributed by atoms with Gasteiger partial charge in [-0.05, 0) is 18.2 Å². The summed E-state index contributed by atoms with van der Waals surface area (Å²) in [5.41, 5.74) is 0.278. The van der Waals surface area contributed by atoms with Gasteiger partial charge in [0.05, 0.1) is 16.7 Å². The highest BCUT2D eigenvalue weighted by atomic mass is 35.5. The van der Waals surface area contributed by atoms with Crippen molar-refractivity contribution in [3.63, 3.8) is 0 Å². The maximum absolute atomic E-state index is 12.0. The molecule has 18 heavy (non-hydrogen) atoms. The molecule has 0 unspecified atom stereocenters. The van der Waals surface area contributed by atoms with Gasteiger partial charge in [0.2, 0.25) is 0 Å². The lowest BCUT2D eigenvalue weighted by Gasteiger charge is -2.06. The fourth-order valence-electron chi connectivity index (χ4n) is 1.25. The van der Waals surface area contributed by atoms with E-state index in [-0.39, 0.29) is 21.3 Å². The van der Waals surface area contributed by atoms with Crippen molar-refractivity contribution in [1.29, 1.82) is 5.26 Å². The zero-order valence-electron chi connectivity index (χ0n) is 8.79. The second-order valence-corrected chi connectivity index (χ2v) is 5.31. The van der Waals surface area contributed by atoms with Crippen molar-refractivity contribution in [2.45, 2.75) is 4.90 Å². The molecule has 1 N–H and O–H groups in total. The summed E-state index contributed by atoms with van der Waals surface area (Å²) in [6.45, 7) is 0. The van der Waals surface area contributed by atoms with E-state index in [1.165, 1.54) is 30.5 Å². The molecule has 8 heteroatoms. The third-order valence-corrected chi connectivity index (χ3v) is 3.86. The van der Waals surface area contributed by atoms with Gasteiger partial charge in [0.1, 0.15) is 11.2 Å². The van der Waals surface area contributed by atoms with Gasteiger partial charge in [-0.1, -0.05) is 16.8 Å². The first-order chi connectivity index (χ1) is 8.53. The van der Waals surface area contributed by atoms with Gasteiger partial charge in [-0.25, -0.2) is 8.42 Å². The van der Waals surface area contributed by atoms with Crippen LogP contribution in [0.15, 0.2) is 39.9 Å². The van der Waals surface area contributed by atoms with E-state index in [0.717, 1.165) is 0 Å². The van der Waals surface area contributed by atoms with Gasteiger partial charge in [-0.15, -0.1) is 0 Å². The van der Waals surface area contributed by atoms with Crippen LogP contribution in [0.3, 0.4) is 0 Å². The molecule has 0 aliphatic heterocycles. The first-order valence-electron chi connectivity index (χ1n) is 4.66. The lowest BCUT2D eigenvalue weighted by Crippen LogP contribution is -2.13. The van der Waals surface area contributed by atoms with Gasteiger partial charge in [-0.2, -0.15) is 5.26 Å². The van der Waals surface area contributed by atoms with Crippen molar-refractivity contribution in [3.8, 4) is 6.07 Å². The molecule has 0 saturated carbocycles. The quantitative estimate of drug-likeness (QED) is 0.929. The van der Waals surface area contributed by atoms with Gasteiger partial charge in [-0.3, -0.25) is 4.72 Å². The van der Waals surface area contributed by atoms with E-state index < -0.39 is 10.0 Å². The Morgan fingerprint density at radius 3 is 2.72 bits per heavy atom. The summed E-state index contributed by atoms with van der Waals surface area (Å²) in [4.78, 5) is -0.133. The van der Waals surface area contributed by atoms with Crippen LogP contribution in [-0.2, 0) is 10.0 Å². The molecule has 0 aliphatic rings. The molecule has 0 atom stereocenters. The van der Waals surface area contributed by atoms with Crippen LogP contribution in [0.2, 0.25) is 5.02 Å². The normalized spacial score (nSPS) is 10.9. The molecule has 0 spiro atoms. The predicted octanol–water partition coefficient (Wildman–Crippen LogP) is 2.00.